The Labute approximate surface area is 98.6 Å². The molecule has 3 N–H and O–H groups in total. The summed E-state index contributed by atoms with van der Waals surface area (Å²) in [5.74, 6) is 0. The Kier molecular flexibility index (Phi) is 5.90. The molecule has 0 radical (unpaired) electrons. The van der Waals surface area contributed by atoms with Gasteiger partial charge in [0.1, 0.15) is 0 Å². The number of nitrogens with zero attached hydrogens (tertiary/aromatic N) is 1. The second-order valence-corrected chi connectivity index (χ2v) is 4.23. The first-order chi connectivity index (χ1) is 7.74. The minimum absolute atomic E-state index is 0.791. The van der Waals surface area contributed by atoms with Crippen LogP contribution in [0.25, 0.3) is 0 Å². The van der Waals surface area contributed by atoms with Crippen LogP contribution in [0.1, 0.15) is 18.4 Å². The molecule has 0 amide bonds. The third kappa shape index (κ3) is 4.64. The highest BCUT2D eigenvalue weighted by Gasteiger charge is 1.95. The Morgan fingerprint density at radius 1 is 1.12 bits per heavy atom. The van der Waals surface area contributed by atoms with Gasteiger partial charge >= 0.3 is 0 Å². The van der Waals surface area contributed by atoms with Crippen LogP contribution in [0.3, 0.4) is 0 Å². The van der Waals surface area contributed by atoms with E-state index in [1.807, 2.05) is 0 Å². The number of unbranched alkanes of at least 4 members (excludes halogenated alkanes) is 1. The number of anilines is 1. The SMILES string of the molecule is CN(C)c1ccc(CNCCCCN)cc1. The minimum atomic E-state index is 0.791. The summed E-state index contributed by atoms with van der Waals surface area (Å²) in [6.45, 7) is 2.78. The van der Waals surface area contributed by atoms with Crippen molar-refractivity contribution in [1.82, 2.24) is 5.32 Å². The number of hydrogen-bond donors (Lipinski definition) is 2. The lowest BCUT2D eigenvalue weighted by molar-refractivity contribution is 0.627. The van der Waals surface area contributed by atoms with E-state index in [0.29, 0.717) is 0 Å². The number of hydrogen-bond acceptors (Lipinski definition) is 3. The summed E-state index contributed by atoms with van der Waals surface area (Å²) in [4.78, 5) is 2.11. The van der Waals surface area contributed by atoms with Crippen LogP contribution < -0.4 is 16.0 Å². The number of nitrogens with one attached hydrogen (secondary N) is 1. The predicted molar refractivity (Wildman–Crippen MR) is 70.8 cm³/mol. The maximum Gasteiger partial charge on any atom is 0.0361 e. The van der Waals surface area contributed by atoms with Crippen LogP contribution in [-0.4, -0.2) is 27.2 Å². The molecular formula is C13H23N3. The van der Waals surface area contributed by atoms with Crippen molar-refractivity contribution in [3.63, 3.8) is 0 Å². The Morgan fingerprint density at radius 3 is 2.38 bits per heavy atom. The zero-order chi connectivity index (χ0) is 11.8. The molecule has 16 heavy (non-hydrogen) atoms. The van der Waals surface area contributed by atoms with Gasteiger partial charge in [-0.05, 0) is 43.6 Å². The zero-order valence-corrected chi connectivity index (χ0v) is 10.4. The van der Waals surface area contributed by atoms with Crippen molar-refractivity contribution in [1.29, 1.82) is 0 Å². The van der Waals surface area contributed by atoms with Crippen LogP contribution in [0.5, 0.6) is 0 Å². The van der Waals surface area contributed by atoms with Gasteiger partial charge < -0.3 is 16.0 Å². The van der Waals surface area contributed by atoms with Crippen LogP contribution in [0.4, 0.5) is 5.69 Å². The van der Waals surface area contributed by atoms with Crippen molar-refractivity contribution in [2.45, 2.75) is 19.4 Å². The van der Waals surface area contributed by atoms with E-state index in [1.165, 1.54) is 11.3 Å². The third-order valence-electron chi connectivity index (χ3n) is 2.59. The van der Waals surface area contributed by atoms with Crippen LogP contribution in [0.2, 0.25) is 0 Å². The first kappa shape index (κ1) is 13.0. The molecule has 0 aliphatic rings. The first-order valence-corrected chi connectivity index (χ1v) is 5.91. The van der Waals surface area contributed by atoms with Crippen molar-refractivity contribution >= 4 is 5.69 Å². The molecule has 90 valence electrons. The fourth-order valence-corrected chi connectivity index (χ4v) is 1.54. The molecule has 0 spiro atoms. The Balaban J connectivity index is 2.27. The summed E-state index contributed by atoms with van der Waals surface area (Å²) in [7, 11) is 4.11. The molecule has 0 fully saturated rings. The number of benzene rings is 1. The summed E-state index contributed by atoms with van der Waals surface area (Å²) >= 11 is 0. The molecule has 0 atom stereocenters. The molecule has 0 aliphatic heterocycles. The highest BCUT2D eigenvalue weighted by Crippen LogP contribution is 2.11. The fourth-order valence-electron chi connectivity index (χ4n) is 1.54. The molecule has 0 aliphatic carbocycles. The van der Waals surface area contributed by atoms with E-state index in [0.717, 1.165) is 32.5 Å². The lowest BCUT2D eigenvalue weighted by atomic mass is 10.2. The Bertz CT molecular complexity index is 280. The smallest absolute Gasteiger partial charge is 0.0361 e. The molecule has 3 heteroatoms. The summed E-state index contributed by atoms with van der Waals surface area (Å²) in [6.07, 6.45) is 2.26. The van der Waals surface area contributed by atoms with E-state index < -0.39 is 0 Å². The van der Waals surface area contributed by atoms with Gasteiger partial charge in [-0.2, -0.15) is 0 Å². The minimum Gasteiger partial charge on any atom is -0.378 e. The van der Waals surface area contributed by atoms with Crippen molar-refractivity contribution in [3.05, 3.63) is 29.8 Å². The van der Waals surface area contributed by atoms with Gasteiger partial charge in [0.15, 0.2) is 0 Å². The summed E-state index contributed by atoms with van der Waals surface area (Å²) < 4.78 is 0. The lowest BCUT2D eigenvalue weighted by Crippen LogP contribution is -2.16. The molecule has 1 aromatic carbocycles. The number of nitrogens with two attached hydrogens (primary N) is 1. The lowest BCUT2D eigenvalue weighted by Gasteiger charge is -2.12. The normalized spacial score (nSPS) is 10.4. The largest absolute Gasteiger partial charge is 0.378 e. The predicted octanol–water partition coefficient (Wildman–Crippen LogP) is 1.58. The second-order valence-electron chi connectivity index (χ2n) is 4.23. The molecular weight excluding hydrogens is 198 g/mol. The highest BCUT2D eigenvalue weighted by atomic mass is 15.1. The maximum absolute atomic E-state index is 5.43. The van der Waals surface area contributed by atoms with Crippen molar-refractivity contribution in [3.8, 4) is 0 Å². The summed E-state index contributed by atoms with van der Waals surface area (Å²) in [6, 6.07) is 8.64. The topological polar surface area (TPSA) is 41.3 Å². The summed E-state index contributed by atoms with van der Waals surface area (Å²) in [5, 5.41) is 3.42. The van der Waals surface area contributed by atoms with Gasteiger partial charge in [0.25, 0.3) is 0 Å². The molecule has 0 saturated heterocycles. The van der Waals surface area contributed by atoms with Gasteiger partial charge in [0.2, 0.25) is 0 Å². The molecule has 0 aromatic heterocycles. The monoisotopic (exact) mass is 221 g/mol. The molecule has 1 rings (SSSR count). The Morgan fingerprint density at radius 2 is 1.81 bits per heavy atom. The average Bonchev–Trinajstić information content (AvgIpc) is 2.29. The van der Waals surface area contributed by atoms with E-state index in [2.05, 4.69) is 48.6 Å². The van der Waals surface area contributed by atoms with Crippen LogP contribution >= 0.6 is 0 Å². The molecule has 0 bridgehead atoms. The van der Waals surface area contributed by atoms with E-state index in [4.69, 9.17) is 5.73 Å². The standard InChI is InChI=1S/C13H23N3/c1-16(2)13-7-5-12(6-8-13)11-15-10-4-3-9-14/h5-8,15H,3-4,9-11,14H2,1-2H3. The summed E-state index contributed by atoms with van der Waals surface area (Å²) in [5.41, 5.74) is 8.01. The highest BCUT2D eigenvalue weighted by molar-refractivity contribution is 5.45. The van der Waals surface area contributed by atoms with Gasteiger partial charge in [-0.1, -0.05) is 12.1 Å². The van der Waals surface area contributed by atoms with Crippen LogP contribution in [0.15, 0.2) is 24.3 Å². The van der Waals surface area contributed by atoms with E-state index in [9.17, 15) is 0 Å². The van der Waals surface area contributed by atoms with Crippen molar-refractivity contribution in [2.24, 2.45) is 5.73 Å². The van der Waals surface area contributed by atoms with Gasteiger partial charge in [-0.15, -0.1) is 0 Å². The van der Waals surface area contributed by atoms with Gasteiger partial charge in [-0.25, -0.2) is 0 Å². The van der Waals surface area contributed by atoms with Gasteiger partial charge in [0.05, 0.1) is 0 Å². The number of rotatable bonds is 7. The van der Waals surface area contributed by atoms with Crippen molar-refractivity contribution < 1.29 is 0 Å². The molecule has 0 saturated carbocycles. The third-order valence-corrected chi connectivity index (χ3v) is 2.59. The van der Waals surface area contributed by atoms with Crippen LogP contribution in [0, 0.1) is 0 Å². The molecule has 0 unspecified atom stereocenters. The second kappa shape index (κ2) is 7.25. The maximum atomic E-state index is 5.43. The Hall–Kier alpha value is -1.06. The molecule has 1 aromatic rings. The van der Waals surface area contributed by atoms with Crippen molar-refractivity contribution in [2.75, 3.05) is 32.1 Å². The molecule has 3 nitrogen and oxygen atoms in total. The average molecular weight is 221 g/mol. The quantitative estimate of drug-likeness (QED) is 0.687. The van der Waals surface area contributed by atoms with E-state index in [1.54, 1.807) is 0 Å². The fraction of sp³-hybridized carbons (Fsp3) is 0.538. The van der Waals surface area contributed by atoms with Gasteiger partial charge in [-0.3, -0.25) is 0 Å². The van der Waals surface area contributed by atoms with E-state index in [-0.39, 0.29) is 0 Å². The molecule has 0 heterocycles. The van der Waals surface area contributed by atoms with Crippen LogP contribution in [-0.2, 0) is 6.54 Å². The van der Waals surface area contributed by atoms with E-state index >= 15 is 0 Å². The zero-order valence-electron chi connectivity index (χ0n) is 10.4. The first-order valence-electron chi connectivity index (χ1n) is 5.91. The van der Waals surface area contributed by atoms with Gasteiger partial charge in [0, 0.05) is 26.3 Å².